The number of ether oxygens (including phenoxy) is 2. The summed E-state index contributed by atoms with van der Waals surface area (Å²) in [4.78, 5) is 42.3. The minimum Gasteiger partial charge on any atom is -0.466 e. The smallest absolute Gasteiger partial charge is 0.305 e. The summed E-state index contributed by atoms with van der Waals surface area (Å²) >= 11 is 0. The standard InChI is InChI=1S/C54H106N2O5/c1-44(2)22-13-24-46(5)26-15-28-48(7)30-17-32-50(9)37-42-60-53(58)35-20-40-56(52(57)34-19-39-55(11)12)41-21-36-54(59)61-43-38-51(10)33-18-31-49(8)29-16-27-47(6)25-14-23-45(3)4/h44-51H,13-43H2,1-12H3. The van der Waals surface area contributed by atoms with Crippen molar-refractivity contribution < 1.29 is 23.9 Å². The van der Waals surface area contributed by atoms with Gasteiger partial charge in [-0.15, -0.1) is 0 Å². The first-order chi connectivity index (χ1) is 29.0. The normalized spacial score (nSPS) is 14.9. The van der Waals surface area contributed by atoms with Crippen molar-refractivity contribution in [2.24, 2.45) is 47.3 Å². The van der Waals surface area contributed by atoms with Crippen LogP contribution >= 0.6 is 0 Å². The van der Waals surface area contributed by atoms with E-state index in [4.69, 9.17) is 9.47 Å². The highest BCUT2D eigenvalue weighted by Crippen LogP contribution is 2.24. The fourth-order valence-electron chi connectivity index (χ4n) is 8.66. The number of hydrogen-bond donors (Lipinski definition) is 0. The van der Waals surface area contributed by atoms with Crippen molar-refractivity contribution in [3.63, 3.8) is 0 Å². The van der Waals surface area contributed by atoms with E-state index < -0.39 is 0 Å². The number of carbonyl (C=O) groups excluding carboxylic acids is 3. The van der Waals surface area contributed by atoms with E-state index in [1.54, 1.807) is 0 Å². The molecule has 0 aliphatic heterocycles. The lowest BCUT2D eigenvalue weighted by Gasteiger charge is -2.23. The fraction of sp³-hybridized carbons (Fsp3) is 0.944. The Morgan fingerprint density at radius 1 is 0.361 bits per heavy atom. The van der Waals surface area contributed by atoms with Crippen LogP contribution in [0.2, 0.25) is 0 Å². The summed E-state index contributed by atoms with van der Waals surface area (Å²) in [5.74, 6) is 5.74. The van der Waals surface area contributed by atoms with Gasteiger partial charge in [0.2, 0.25) is 5.91 Å². The third kappa shape index (κ3) is 39.7. The molecule has 0 spiro atoms. The molecule has 0 saturated carbocycles. The number of nitrogens with zero attached hydrogens (tertiary/aromatic N) is 2. The van der Waals surface area contributed by atoms with Crippen LogP contribution in [0.1, 0.15) is 236 Å². The fourth-order valence-corrected chi connectivity index (χ4v) is 8.66. The molecule has 0 aliphatic rings. The highest BCUT2D eigenvalue weighted by molar-refractivity contribution is 5.76. The summed E-state index contributed by atoms with van der Waals surface area (Å²) < 4.78 is 11.2. The van der Waals surface area contributed by atoms with Crippen molar-refractivity contribution in [1.82, 2.24) is 9.80 Å². The van der Waals surface area contributed by atoms with Crippen LogP contribution in [-0.2, 0) is 23.9 Å². The van der Waals surface area contributed by atoms with Crippen molar-refractivity contribution in [2.45, 2.75) is 236 Å². The molecule has 0 aliphatic carbocycles. The van der Waals surface area contributed by atoms with Gasteiger partial charge in [-0.1, -0.05) is 185 Å². The first-order valence-corrected chi connectivity index (χ1v) is 26.2. The van der Waals surface area contributed by atoms with E-state index in [1.807, 2.05) is 19.0 Å². The molecule has 6 unspecified atom stereocenters. The molecular formula is C54H106N2O5. The van der Waals surface area contributed by atoms with E-state index in [0.29, 0.717) is 70.2 Å². The lowest BCUT2D eigenvalue weighted by Crippen LogP contribution is -2.34. The highest BCUT2D eigenvalue weighted by atomic mass is 16.5. The molecule has 61 heavy (non-hydrogen) atoms. The van der Waals surface area contributed by atoms with Crippen molar-refractivity contribution in [3.8, 4) is 0 Å². The minimum absolute atomic E-state index is 0.0909. The molecule has 0 radical (unpaired) electrons. The molecule has 0 aromatic carbocycles. The van der Waals surface area contributed by atoms with Gasteiger partial charge >= 0.3 is 11.9 Å². The Hall–Kier alpha value is -1.63. The van der Waals surface area contributed by atoms with E-state index in [9.17, 15) is 14.4 Å². The van der Waals surface area contributed by atoms with Gasteiger partial charge in [-0.05, 0) is 100 Å². The van der Waals surface area contributed by atoms with Gasteiger partial charge in [0, 0.05) is 32.4 Å². The summed E-state index contributed by atoms with van der Waals surface area (Å²) in [5.41, 5.74) is 0. The van der Waals surface area contributed by atoms with Crippen LogP contribution in [0, 0.1) is 47.3 Å². The number of hydrogen-bond acceptors (Lipinski definition) is 6. The van der Waals surface area contributed by atoms with E-state index in [1.165, 1.54) is 116 Å². The summed E-state index contributed by atoms with van der Waals surface area (Å²) in [6, 6.07) is 0. The average molecular weight is 863 g/mol. The van der Waals surface area contributed by atoms with Gasteiger partial charge in [0.1, 0.15) is 0 Å². The van der Waals surface area contributed by atoms with Crippen LogP contribution in [0.15, 0.2) is 0 Å². The second-order valence-corrected chi connectivity index (χ2v) is 21.5. The van der Waals surface area contributed by atoms with Gasteiger partial charge in [-0.2, -0.15) is 0 Å². The maximum absolute atomic E-state index is 13.2. The number of carbonyl (C=O) groups is 3. The Bertz CT molecular complexity index is 978. The first kappa shape index (κ1) is 59.4. The van der Waals surface area contributed by atoms with Crippen molar-refractivity contribution in [3.05, 3.63) is 0 Å². The van der Waals surface area contributed by atoms with Crippen LogP contribution in [0.3, 0.4) is 0 Å². The Morgan fingerprint density at radius 3 is 0.934 bits per heavy atom. The molecule has 7 nitrogen and oxygen atoms in total. The molecule has 0 aromatic rings. The SMILES string of the molecule is CC(C)CCCC(C)CCCC(C)CCCC(C)CCOC(=O)CCCN(CCCC(=O)OCCC(C)CCCC(C)CCCC(C)CCCC(C)C)C(=O)CCCN(C)C. The highest BCUT2D eigenvalue weighted by Gasteiger charge is 2.17. The summed E-state index contributed by atoms with van der Waals surface area (Å²) in [7, 11) is 4.03. The van der Waals surface area contributed by atoms with E-state index in [2.05, 4.69) is 74.1 Å². The topological polar surface area (TPSA) is 76.1 Å². The number of esters is 2. The molecular weight excluding hydrogens is 757 g/mol. The molecule has 0 rings (SSSR count). The third-order valence-electron chi connectivity index (χ3n) is 13.2. The zero-order valence-corrected chi connectivity index (χ0v) is 43.0. The lowest BCUT2D eigenvalue weighted by molar-refractivity contribution is -0.144. The Kier molecular flexibility index (Phi) is 37.8. The zero-order valence-electron chi connectivity index (χ0n) is 43.0. The van der Waals surface area contributed by atoms with Gasteiger partial charge < -0.3 is 19.3 Å². The molecule has 0 fully saturated rings. The van der Waals surface area contributed by atoms with Crippen molar-refractivity contribution in [1.29, 1.82) is 0 Å². The minimum atomic E-state index is -0.181. The van der Waals surface area contributed by atoms with Crippen LogP contribution in [0.25, 0.3) is 0 Å². The first-order valence-electron chi connectivity index (χ1n) is 26.2. The molecule has 0 bridgehead atoms. The van der Waals surface area contributed by atoms with Crippen molar-refractivity contribution in [2.75, 3.05) is 46.9 Å². The van der Waals surface area contributed by atoms with Crippen LogP contribution in [0.5, 0.6) is 0 Å². The predicted octanol–water partition coefficient (Wildman–Crippen LogP) is 14.7. The maximum Gasteiger partial charge on any atom is 0.305 e. The van der Waals surface area contributed by atoms with E-state index in [-0.39, 0.29) is 17.8 Å². The molecule has 0 heterocycles. The molecule has 0 aromatic heterocycles. The van der Waals surface area contributed by atoms with Crippen LogP contribution in [0.4, 0.5) is 0 Å². The monoisotopic (exact) mass is 863 g/mol. The summed E-state index contributed by atoms with van der Waals surface area (Å²) in [6.07, 6.45) is 28.6. The molecule has 362 valence electrons. The number of amides is 1. The predicted molar refractivity (Wildman–Crippen MR) is 262 cm³/mol. The lowest BCUT2D eigenvalue weighted by atomic mass is 9.91. The van der Waals surface area contributed by atoms with Gasteiger partial charge in [0.25, 0.3) is 0 Å². The Morgan fingerprint density at radius 2 is 0.639 bits per heavy atom. The van der Waals surface area contributed by atoms with Crippen LogP contribution < -0.4 is 0 Å². The zero-order chi connectivity index (χ0) is 45.8. The van der Waals surface area contributed by atoms with Gasteiger partial charge in [-0.3, -0.25) is 14.4 Å². The molecule has 6 atom stereocenters. The summed E-state index contributed by atoms with van der Waals surface area (Å²) in [6.45, 7) is 26.3. The largest absolute Gasteiger partial charge is 0.466 e. The Balaban J connectivity index is 4.32. The van der Waals surface area contributed by atoms with Crippen LogP contribution in [-0.4, -0.2) is 74.6 Å². The summed E-state index contributed by atoms with van der Waals surface area (Å²) in [5, 5.41) is 0. The second-order valence-electron chi connectivity index (χ2n) is 21.5. The van der Waals surface area contributed by atoms with E-state index in [0.717, 1.165) is 61.3 Å². The molecule has 0 saturated heterocycles. The van der Waals surface area contributed by atoms with E-state index >= 15 is 0 Å². The van der Waals surface area contributed by atoms with Gasteiger partial charge in [0.15, 0.2) is 0 Å². The third-order valence-corrected chi connectivity index (χ3v) is 13.2. The maximum atomic E-state index is 13.2. The van der Waals surface area contributed by atoms with Gasteiger partial charge in [-0.25, -0.2) is 0 Å². The van der Waals surface area contributed by atoms with Crippen molar-refractivity contribution >= 4 is 17.8 Å². The molecule has 1 amide bonds. The second kappa shape index (κ2) is 38.8. The average Bonchev–Trinajstić information content (AvgIpc) is 3.16. The molecule has 0 N–H and O–H groups in total. The van der Waals surface area contributed by atoms with Gasteiger partial charge in [0.05, 0.1) is 13.2 Å². The molecule has 7 heteroatoms. The Labute approximate surface area is 380 Å². The number of rotatable bonds is 42. The quantitative estimate of drug-likeness (QED) is 0.0569.